The summed E-state index contributed by atoms with van der Waals surface area (Å²) in [6.07, 6.45) is 6.29. The zero-order chi connectivity index (χ0) is 9.10. The fraction of sp³-hybridized carbons (Fsp3) is 0.100. The van der Waals surface area contributed by atoms with Gasteiger partial charge in [0.05, 0.1) is 6.33 Å². The minimum atomic E-state index is 0.765. The van der Waals surface area contributed by atoms with E-state index in [0.717, 1.165) is 11.6 Å². The molecule has 1 radical (unpaired) electrons. The summed E-state index contributed by atoms with van der Waals surface area (Å²) in [4.78, 5) is 3.85. The molecule has 65 valence electrons. The third kappa shape index (κ3) is 2.10. The second-order valence-corrected chi connectivity index (χ2v) is 3.24. The number of imidazole rings is 1. The van der Waals surface area contributed by atoms with Crippen LogP contribution < -0.4 is 0 Å². The van der Waals surface area contributed by atoms with Gasteiger partial charge >= 0.3 is 0 Å². The van der Waals surface area contributed by atoms with Crippen LogP contribution >= 0.6 is 11.6 Å². The van der Waals surface area contributed by atoms with E-state index in [1.54, 1.807) is 12.5 Å². The van der Waals surface area contributed by atoms with Gasteiger partial charge in [-0.05, 0) is 17.7 Å². The predicted octanol–water partition coefficient (Wildman–Crippen LogP) is 2.38. The largest absolute Gasteiger partial charge is 0.332 e. The Morgan fingerprint density at radius 1 is 1.46 bits per heavy atom. The maximum atomic E-state index is 5.85. The topological polar surface area (TPSA) is 17.8 Å². The first-order valence-corrected chi connectivity index (χ1v) is 4.34. The molecule has 0 unspecified atom stereocenters. The van der Waals surface area contributed by atoms with Gasteiger partial charge in [0.2, 0.25) is 0 Å². The highest BCUT2D eigenvalue weighted by Crippen LogP contribution is 2.11. The molecule has 2 rings (SSSR count). The van der Waals surface area contributed by atoms with Crippen molar-refractivity contribution < 1.29 is 0 Å². The van der Waals surface area contributed by atoms with Crippen molar-refractivity contribution in [3.8, 4) is 0 Å². The summed E-state index contributed by atoms with van der Waals surface area (Å²) >= 11 is 5.85. The van der Waals surface area contributed by atoms with Gasteiger partial charge in [-0.3, -0.25) is 0 Å². The second-order valence-electron chi connectivity index (χ2n) is 2.81. The molecule has 0 aliphatic rings. The molecular formula is C10H8ClN2. The van der Waals surface area contributed by atoms with Gasteiger partial charge in [-0.15, -0.1) is 0 Å². The zero-order valence-electron chi connectivity index (χ0n) is 6.94. The summed E-state index contributed by atoms with van der Waals surface area (Å²) in [5.74, 6) is 0. The number of halogens is 1. The van der Waals surface area contributed by atoms with E-state index in [9.17, 15) is 0 Å². The zero-order valence-corrected chi connectivity index (χ0v) is 7.70. The van der Waals surface area contributed by atoms with Crippen LogP contribution in [0.5, 0.6) is 0 Å². The fourth-order valence-corrected chi connectivity index (χ4v) is 1.39. The molecule has 0 saturated carbocycles. The highest BCUT2D eigenvalue weighted by atomic mass is 35.5. The number of rotatable bonds is 2. The molecule has 3 heteroatoms. The molecule has 1 heterocycles. The first-order chi connectivity index (χ1) is 6.34. The van der Waals surface area contributed by atoms with Crippen LogP contribution in [0.4, 0.5) is 0 Å². The summed E-state index contributed by atoms with van der Waals surface area (Å²) in [7, 11) is 0. The number of benzene rings is 1. The standard InChI is InChI=1S/C10H8ClN2/c11-10-3-1-2-9(6-10)7-13-5-4-12-8-13/h1-3,5-6,8H,7H2. The number of aromatic nitrogens is 2. The smallest absolute Gasteiger partial charge is 0.108 e. The molecule has 0 amide bonds. The van der Waals surface area contributed by atoms with Crippen LogP contribution in [0.1, 0.15) is 5.56 Å². The van der Waals surface area contributed by atoms with Crippen LogP contribution in [0.15, 0.2) is 36.8 Å². The van der Waals surface area contributed by atoms with Crippen molar-refractivity contribution in [1.82, 2.24) is 9.55 Å². The maximum Gasteiger partial charge on any atom is 0.108 e. The summed E-state index contributed by atoms with van der Waals surface area (Å²) in [5.41, 5.74) is 1.17. The molecule has 0 saturated heterocycles. The Bertz CT molecular complexity index is 382. The average molecular weight is 192 g/mol. The van der Waals surface area contributed by atoms with E-state index in [4.69, 9.17) is 11.6 Å². The SMILES string of the molecule is Clc1cccc(Cn2c[c]nc2)c1. The van der Waals surface area contributed by atoms with Crippen LogP contribution in [0.25, 0.3) is 0 Å². The van der Waals surface area contributed by atoms with E-state index in [0.29, 0.717) is 0 Å². The molecule has 0 aliphatic carbocycles. The third-order valence-electron chi connectivity index (χ3n) is 1.76. The van der Waals surface area contributed by atoms with Gasteiger partial charge in [-0.2, -0.15) is 0 Å². The lowest BCUT2D eigenvalue weighted by molar-refractivity contribution is 0.797. The molecule has 0 atom stereocenters. The fourth-order valence-electron chi connectivity index (χ4n) is 1.18. The van der Waals surface area contributed by atoms with Gasteiger partial charge in [0, 0.05) is 17.8 Å². The lowest BCUT2D eigenvalue weighted by Crippen LogP contribution is -1.95. The Morgan fingerprint density at radius 3 is 3.08 bits per heavy atom. The monoisotopic (exact) mass is 191 g/mol. The van der Waals surface area contributed by atoms with Crippen LogP contribution in [0.3, 0.4) is 0 Å². The minimum Gasteiger partial charge on any atom is -0.332 e. The van der Waals surface area contributed by atoms with Crippen LogP contribution in [-0.2, 0) is 6.54 Å². The van der Waals surface area contributed by atoms with E-state index < -0.39 is 0 Å². The van der Waals surface area contributed by atoms with Crippen LogP contribution in [0, 0.1) is 6.20 Å². The highest BCUT2D eigenvalue weighted by molar-refractivity contribution is 6.30. The highest BCUT2D eigenvalue weighted by Gasteiger charge is 1.94. The number of hydrogen-bond donors (Lipinski definition) is 0. The molecule has 0 spiro atoms. The molecule has 0 bridgehead atoms. The summed E-state index contributed by atoms with van der Waals surface area (Å²) in [5, 5.41) is 0.765. The van der Waals surface area contributed by atoms with Crippen molar-refractivity contribution in [2.45, 2.75) is 6.54 Å². The first kappa shape index (κ1) is 8.32. The number of hydrogen-bond acceptors (Lipinski definition) is 1. The lowest BCUT2D eigenvalue weighted by Gasteiger charge is -2.01. The normalized spacial score (nSPS) is 10.2. The van der Waals surface area contributed by atoms with E-state index in [2.05, 4.69) is 11.2 Å². The molecule has 0 N–H and O–H groups in total. The molecular weight excluding hydrogens is 184 g/mol. The van der Waals surface area contributed by atoms with E-state index in [1.807, 2.05) is 28.8 Å². The van der Waals surface area contributed by atoms with Crippen molar-refractivity contribution in [2.75, 3.05) is 0 Å². The summed E-state index contributed by atoms with van der Waals surface area (Å²) in [6, 6.07) is 7.79. The van der Waals surface area contributed by atoms with E-state index in [-0.39, 0.29) is 0 Å². The molecule has 0 fully saturated rings. The summed E-state index contributed by atoms with van der Waals surface area (Å²) < 4.78 is 1.95. The van der Waals surface area contributed by atoms with E-state index in [1.165, 1.54) is 5.56 Å². The Labute approximate surface area is 81.8 Å². The van der Waals surface area contributed by atoms with Crippen molar-refractivity contribution in [3.63, 3.8) is 0 Å². The van der Waals surface area contributed by atoms with Crippen molar-refractivity contribution in [2.24, 2.45) is 0 Å². The van der Waals surface area contributed by atoms with Gasteiger partial charge in [-0.1, -0.05) is 23.7 Å². The van der Waals surface area contributed by atoms with Crippen LogP contribution in [-0.4, -0.2) is 9.55 Å². The van der Waals surface area contributed by atoms with Gasteiger partial charge in [0.1, 0.15) is 6.20 Å². The first-order valence-electron chi connectivity index (χ1n) is 3.97. The minimum absolute atomic E-state index is 0.765. The van der Waals surface area contributed by atoms with Gasteiger partial charge in [-0.25, -0.2) is 4.98 Å². The average Bonchev–Trinajstić information content (AvgIpc) is 2.57. The summed E-state index contributed by atoms with van der Waals surface area (Å²) in [6.45, 7) is 0.789. The Morgan fingerprint density at radius 2 is 2.38 bits per heavy atom. The van der Waals surface area contributed by atoms with Crippen molar-refractivity contribution in [1.29, 1.82) is 0 Å². The van der Waals surface area contributed by atoms with E-state index >= 15 is 0 Å². The Kier molecular flexibility index (Phi) is 2.32. The Hall–Kier alpha value is -1.28. The molecule has 2 nitrogen and oxygen atoms in total. The van der Waals surface area contributed by atoms with Crippen LogP contribution in [0.2, 0.25) is 5.02 Å². The molecule has 1 aromatic heterocycles. The van der Waals surface area contributed by atoms with Crippen molar-refractivity contribution in [3.05, 3.63) is 53.6 Å². The van der Waals surface area contributed by atoms with Gasteiger partial charge < -0.3 is 4.57 Å². The molecule has 0 aliphatic heterocycles. The lowest BCUT2D eigenvalue weighted by atomic mass is 10.2. The maximum absolute atomic E-state index is 5.85. The quantitative estimate of drug-likeness (QED) is 0.713. The molecule has 2 aromatic rings. The molecule has 13 heavy (non-hydrogen) atoms. The van der Waals surface area contributed by atoms with Gasteiger partial charge in [0.15, 0.2) is 0 Å². The number of nitrogens with zero attached hydrogens (tertiary/aromatic N) is 2. The Balaban J connectivity index is 2.19. The second kappa shape index (κ2) is 3.62. The third-order valence-corrected chi connectivity index (χ3v) is 1.99. The van der Waals surface area contributed by atoms with Gasteiger partial charge in [0.25, 0.3) is 0 Å². The molecule has 1 aromatic carbocycles. The predicted molar refractivity (Wildman–Crippen MR) is 51.6 cm³/mol. The van der Waals surface area contributed by atoms with Crippen molar-refractivity contribution >= 4 is 11.6 Å².